The zero-order valence-corrected chi connectivity index (χ0v) is 9.48. The van der Waals surface area contributed by atoms with Gasteiger partial charge in [-0.05, 0) is 34.6 Å². The zero-order chi connectivity index (χ0) is 9.83. The van der Waals surface area contributed by atoms with Gasteiger partial charge in [0.1, 0.15) is 0 Å². The SMILES string of the molecule is CCOP(=O)(OCC)[13C](C)(C)C. The number of rotatable bonds is 4. The van der Waals surface area contributed by atoms with Crippen molar-refractivity contribution in [3.63, 3.8) is 0 Å². The smallest absolute Gasteiger partial charge is 0.309 e. The van der Waals surface area contributed by atoms with Crippen molar-refractivity contribution in [1.29, 1.82) is 0 Å². The number of hydrogen-bond donors (Lipinski definition) is 0. The highest BCUT2D eigenvalue weighted by atomic mass is 31.2. The Kier molecular flexibility index (Phi) is 4.46. The van der Waals surface area contributed by atoms with Crippen LogP contribution in [0.5, 0.6) is 0 Å². The van der Waals surface area contributed by atoms with Crippen LogP contribution in [0.25, 0.3) is 0 Å². The zero-order valence-electron chi connectivity index (χ0n) is 8.59. The molecule has 0 saturated carbocycles. The molecule has 0 unspecified atom stereocenters. The summed E-state index contributed by atoms with van der Waals surface area (Å²) in [7, 11) is -2.90. The molecular formula is C8H19O3P. The molecule has 0 aliphatic rings. The van der Waals surface area contributed by atoms with E-state index in [2.05, 4.69) is 0 Å². The summed E-state index contributed by atoms with van der Waals surface area (Å²) in [4.78, 5) is 0. The van der Waals surface area contributed by atoms with E-state index in [-0.39, 0.29) is 0 Å². The lowest BCUT2D eigenvalue weighted by Crippen LogP contribution is -2.18. The van der Waals surface area contributed by atoms with Crippen LogP contribution in [0.1, 0.15) is 34.6 Å². The molecule has 0 fully saturated rings. The lowest BCUT2D eigenvalue weighted by molar-refractivity contribution is 0.203. The summed E-state index contributed by atoms with van der Waals surface area (Å²) in [5.74, 6) is 0. The van der Waals surface area contributed by atoms with Crippen LogP contribution in [0.15, 0.2) is 0 Å². The molecule has 0 spiro atoms. The maximum atomic E-state index is 12.0. The minimum absolute atomic E-state index is 0.425. The fourth-order valence-corrected chi connectivity index (χ4v) is 2.29. The molecule has 0 saturated heterocycles. The van der Waals surface area contributed by atoms with E-state index in [1.807, 2.05) is 34.6 Å². The van der Waals surface area contributed by atoms with Crippen molar-refractivity contribution in [2.24, 2.45) is 0 Å². The predicted octanol–water partition coefficient (Wildman–Crippen LogP) is 3.05. The van der Waals surface area contributed by atoms with Gasteiger partial charge in [-0.3, -0.25) is 4.57 Å². The fourth-order valence-electron chi connectivity index (χ4n) is 0.764. The first kappa shape index (κ1) is 12.2. The second kappa shape index (κ2) is 4.40. The molecular weight excluding hydrogens is 176 g/mol. The summed E-state index contributed by atoms with van der Waals surface area (Å²) in [6, 6.07) is 0. The molecule has 4 heteroatoms. The van der Waals surface area contributed by atoms with Crippen molar-refractivity contribution < 1.29 is 13.6 Å². The molecule has 0 bridgehead atoms. The van der Waals surface area contributed by atoms with E-state index < -0.39 is 12.8 Å². The molecule has 0 amide bonds. The molecule has 0 aromatic rings. The second-order valence-corrected chi connectivity index (χ2v) is 6.36. The third-order valence-electron chi connectivity index (χ3n) is 1.42. The summed E-state index contributed by atoms with van der Waals surface area (Å²) in [5.41, 5.74) is 0. The van der Waals surface area contributed by atoms with Crippen molar-refractivity contribution in [3.05, 3.63) is 0 Å². The van der Waals surface area contributed by atoms with Gasteiger partial charge in [-0.1, -0.05) is 0 Å². The Balaban J connectivity index is 4.51. The van der Waals surface area contributed by atoms with E-state index in [0.717, 1.165) is 0 Å². The molecule has 0 aliphatic carbocycles. The first-order chi connectivity index (χ1) is 5.37. The highest BCUT2D eigenvalue weighted by Gasteiger charge is 2.38. The highest BCUT2D eigenvalue weighted by molar-refractivity contribution is 7.55. The second-order valence-electron chi connectivity index (χ2n) is 3.50. The van der Waals surface area contributed by atoms with Crippen LogP contribution in [0.3, 0.4) is 0 Å². The third-order valence-corrected chi connectivity index (χ3v) is 4.26. The maximum absolute atomic E-state index is 12.0. The molecule has 0 aromatic heterocycles. The van der Waals surface area contributed by atoms with Crippen LogP contribution >= 0.6 is 7.60 Å². The fraction of sp³-hybridized carbons (Fsp3) is 1.00. The van der Waals surface area contributed by atoms with Gasteiger partial charge >= 0.3 is 7.60 Å². The Morgan fingerprint density at radius 2 is 1.42 bits per heavy atom. The van der Waals surface area contributed by atoms with Crippen molar-refractivity contribution >= 4 is 7.60 Å². The minimum atomic E-state index is -2.90. The molecule has 0 heterocycles. The van der Waals surface area contributed by atoms with Gasteiger partial charge in [-0.25, -0.2) is 0 Å². The molecule has 0 atom stereocenters. The summed E-state index contributed by atoms with van der Waals surface area (Å²) >= 11 is 0. The Morgan fingerprint density at radius 3 is 1.58 bits per heavy atom. The standard InChI is InChI=1S/C8H19O3P/c1-6-10-12(9,11-7-2)8(3,4)5/h6-7H2,1-5H3/i8+1. The third kappa shape index (κ3) is 2.89. The average molecular weight is 195 g/mol. The maximum Gasteiger partial charge on any atom is 0.335 e. The molecule has 0 aromatic carbocycles. The van der Waals surface area contributed by atoms with Crippen LogP contribution in [-0.2, 0) is 13.6 Å². The van der Waals surface area contributed by atoms with Gasteiger partial charge in [0.15, 0.2) is 0 Å². The Morgan fingerprint density at radius 1 is 1.08 bits per heavy atom. The van der Waals surface area contributed by atoms with E-state index in [1.54, 1.807) is 0 Å². The summed E-state index contributed by atoms with van der Waals surface area (Å²) in [6.07, 6.45) is 0. The molecule has 0 aliphatic heterocycles. The first-order valence-electron chi connectivity index (χ1n) is 4.26. The monoisotopic (exact) mass is 195 g/mol. The van der Waals surface area contributed by atoms with Gasteiger partial charge in [0.2, 0.25) is 0 Å². The average Bonchev–Trinajstić information content (AvgIpc) is 1.86. The molecule has 74 valence electrons. The largest absolute Gasteiger partial charge is 0.335 e. The van der Waals surface area contributed by atoms with Crippen molar-refractivity contribution in [1.82, 2.24) is 0 Å². The van der Waals surface area contributed by atoms with Crippen LogP contribution in [0, 0.1) is 0 Å². The Bertz CT molecular complexity index is 162. The van der Waals surface area contributed by atoms with Crippen LogP contribution < -0.4 is 0 Å². The molecule has 0 rings (SSSR count). The van der Waals surface area contributed by atoms with Gasteiger partial charge < -0.3 is 9.05 Å². The van der Waals surface area contributed by atoms with Gasteiger partial charge in [0.25, 0.3) is 0 Å². The predicted molar refractivity (Wildman–Crippen MR) is 50.6 cm³/mol. The molecule has 0 radical (unpaired) electrons. The van der Waals surface area contributed by atoms with Crippen LogP contribution in [0.2, 0.25) is 0 Å². The lowest BCUT2D eigenvalue weighted by Gasteiger charge is -2.28. The van der Waals surface area contributed by atoms with E-state index in [0.29, 0.717) is 13.2 Å². The normalized spacial score (nSPS) is 13.4. The van der Waals surface area contributed by atoms with E-state index in [1.165, 1.54) is 0 Å². The lowest BCUT2D eigenvalue weighted by atomic mass is 10.7. The summed E-state index contributed by atoms with van der Waals surface area (Å²) in [6.45, 7) is 10.1. The van der Waals surface area contributed by atoms with Gasteiger partial charge in [-0.15, -0.1) is 0 Å². The Hall–Kier alpha value is 0.150. The van der Waals surface area contributed by atoms with E-state index in [4.69, 9.17) is 9.05 Å². The summed E-state index contributed by atoms with van der Waals surface area (Å²) < 4.78 is 22.3. The van der Waals surface area contributed by atoms with E-state index in [9.17, 15) is 4.57 Å². The minimum Gasteiger partial charge on any atom is -0.309 e. The highest BCUT2D eigenvalue weighted by Crippen LogP contribution is 2.59. The van der Waals surface area contributed by atoms with Crippen LogP contribution in [0.4, 0.5) is 0 Å². The van der Waals surface area contributed by atoms with Crippen LogP contribution in [-0.4, -0.2) is 18.4 Å². The Labute approximate surface area is 75.0 Å². The van der Waals surface area contributed by atoms with E-state index >= 15 is 0 Å². The molecule has 0 N–H and O–H groups in total. The van der Waals surface area contributed by atoms with Crippen molar-refractivity contribution in [3.8, 4) is 0 Å². The van der Waals surface area contributed by atoms with Gasteiger partial charge in [0, 0.05) is 0 Å². The topological polar surface area (TPSA) is 35.5 Å². The molecule has 3 nitrogen and oxygen atoms in total. The van der Waals surface area contributed by atoms with Gasteiger partial charge in [-0.2, -0.15) is 0 Å². The summed E-state index contributed by atoms with van der Waals surface area (Å²) in [5, 5.41) is -0.432. The quantitative estimate of drug-likeness (QED) is 0.511. The number of hydrogen-bond acceptors (Lipinski definition) is 3. The molecule has 12 heavy (non-hydrogen) atoms. The first-order valence-corrected chi connectivity index (χ1v) is 5.81. The van der Waals surface area contributed by atoms with Crippen molar-refractivity contribution in [2.45, 2.75) is 39.8 Å². The van der Waals surface area contributed by atoms with Crippen molar-refractivity contribution in [2.75, 3.05) is 13.2 Å². The van der Waals surface area contributed by atoms with Gasteiger partial charge in [0.05, 0.1) is 18.4 Å².